The minimum Gasteiger partial charge on any atom is -0.336 e. The van der Waals surface area contributed by atoms with Gasteiger partial charge in [-0.25, -0.2) is 0 Å². The van der Waals surface area contributed by atoms with E-state index in [2.05, 4.69) is 11.9 Å². The predicted molar refractivity (Wildman–Crippen MR) is 48.9 cm³/mol. The summed E-state index contributed by atoms with van der Waals surface area (Å²) in [6.45, 7) is 10.0. The van der Waals surface area contributed by atoms with Gasteiger partial charge in [0.15, 0.2) is 0 Å². The lowest BCUT2D eigenvalue weighted by molar-refractivity contribution is -0.134. The second kappa shape index (κ2) is 3.72. The van der Waals surface area contributed by atoms with Crippen molar-refractivity contribution in [2.24, 2.45) is 0 Å². The Balaban J connectivity index is 2.52. The quantitative estimate of drug-likeness (QED) is 0.605. The van der Waals surface area contributed by atoms with Gasteiger partial charge in [-0.2, -0.15) is 0 Å². The molecule has 1 heterocycles. The molecule has 1 aliphatic heterocycles. The molecule has 68 valence electrons. The molecule has 0 saturated carbocycles. The normalized spacial score (nSPS) is 24.3. The molecule has 0 aliphatic carbocycles. The van der Waals surface area contributed by atoms with Crippen molar-refractivity contribution in [1.29, 1.82) is 0 Å². The van der Waals surface area contributed by atoms with Crippen LogP contribution in [0, 0.1) is 0 Å². The second-order valence-electron chi connectivity index (χ2n) is 3.39. The summed E-state index contributed by atoms with van der Waals surface area (Å²) in [4.78, 5) is 13.3. The number of hydrogen-bond acceptors (Lipinski definition) is 2. The molecule has 1 rings (SSSR count). The van der Waals surface area contributed by atoms with E-state index in [1.807, 2.05) is 18.7 Å². The topological polar surface area (TPSA) is 32.3 Å². The Morgan fingerprint density at radius 1 is 1.83 bits per heavy atom. The van der Waals surface area contributed by atoms with Crippen molar-refractivity contribution in [2.45, 2.75) is 19.9 Å². The van der Waals surface area contributed by atoms with Gasteiger partial charge >= 0.3 is 0 Å². The van der Waals surface area contributed by atoms with Gasteiger partial charge in [-0.3, -0.25) is 4.79 Å². The first-order chi connectivity index (χ1) is 5.61. The molecular formula is C9H16N2O. The summed E-state index contributed by atoms with van der Waals surface area (Å²) < 4.78 is 0. The molecule has 12 heavy (non-hydrogen) atoms. The van der Waals surface area contributed by atoms with Crippen molar-refractivity contribution >= 4 is 5.91 Å². The van der Waals surface area contributed by atoms with E-state index in [0.717, 1.165) is 18.7 Å². The van der Waals surface area contributed by atoms with E-state index in [0.29, 0.717) is 6.54 Å². The molecule has 1 amide bonds. The average Bonchev–Trinajstić information content (AvgIpc) is 1.98. The summed E-state index contributed by atoms with van der Waals surface area (Å²) in [5.74, 6) is 0.184. The SMILES string of the molecule is C=C(C)CN1CCNC(C)C1=O. The summed E-state index contributed by atoms with van der Waals surface area (Å²) in [5.41, 5.74) is 1.04. The molecule has 0 spiro atoms. The van der Waals surface area contributed by atoms with Gasteiger partial charge in [0.1, 0.15) is 0 Å². The molecule has 1 atom stereocenters. The zero-order valence-electron chi connectivity index (χ0n) is 7.76. The van der Waals surface area contributed by atoms with Gasteiger partial charge in [0.2, 0.25) is 5.91 Å². The number of carbonyl (C=O) groups excluding carboxylic acids is 1. The minimum absolute atomic E-state index is 0.0295. The van der Waals surface area contributed by atoms with Crippen LogP contribution in [0.4, 0.5) is 0 Å². The average molecular weight is 168 g/mol. The highest BCUT2D eigenvalue weighted by Crippen LogP contribution is 2.03. The van der Waals surface area contributed by atoms with Crippen LogP contribution in [0.15, 0.2) is 12.2 Å². The number of carbonyl (C=O) groups is 1. The fraction of sp³-hybridized carbons (Fsp3) is 0.667. The molecule has 1 fully saturated rings. The van der Waals surface area contributed by atoms with Gasteiger partial charge in [-0.1, -0.05) is 12.2 Å². The van der Waals surface area contributed by atoms with Crippen molar-refractivity contribution in [2.75, 3.05) is 19.6 Å². The molecule has 0 bridgehead atoms. The van der Waals surface area contributed by atoms with E-state index in [9.17, 15) is 4.79 Å². The monoisotopic (exact) mass is 168 g/mol. The Kier molecular flexibility index (Phi) is 2.87. The van der Waals surface area contributed by atoms with Crippen LogP contribution in [0.25, 0.3) is 0 Å². The number of nitrogens with one attached hydrogen (secondary N) is 1. The predicted octanol–water partition coefficient (Wildman–Crippen LogP) is 0.383. The van der Waals surface area contributed by atoms with Crippen molar-refractivity contribution < 1.29 is 4.79 Å². The van der Waals surface area contributed by atoms with Crippen LogP contribution < -0.4 is 5.32 Å². The van der Waals surface area contributed by atoms with Crippen molar-refractivity contribution in [3.05, 3.63) is 12.2 Å². The van der Waals surface area contributed by atoms with Gasteiger partial charge in [0.05, 0.1) is 6.04 Å². The smallest absolute Gasteiger partial charge is 0.239 e. The highest BCUT2D eigenvalue weighted by atomic mass is 16.2. The van der Waals surface area contributed by atoms with E-state index in [1.54, 1.807) is 0 Å². The lowest BCUT2D eigenvalue weighted by atomic mass is 10.2. The molecule has 0 aromatic heterocycles. The molecule has 0 aromatic carbocycles. The zero-order valence-corrected chi connectivity index (χ0v) is 7.76. The summed E-state index contributed by atoms with van der Waals surface area (Å²) in [6.07, 6.45) is 0. The first kappa shape index (κ1) is 9.26. The van der Waals surface area contributed by atoms with E-state index in [1.165, 1.54) is 0 Å². The largest absolute Gasteiger partial charge is 0.336 e. The van der Waals surface area contributed by atoms with Crippen molar-refractivity contribution in [3.63, 3.8) is 0 Å². The molecule has 1 unspecified atom stereocenters. The molecule has 1 N–H and O–H groups in total. The van der Waals surface area contributed by atoms with E-state index >= 15 is 0 Å². The molecule has 3 nitrogen and oxygen atoms in total. The third-order valence-corrected chi connectivity index (χ3v) is 1.98. The minimum atomic E-state index is -0.0295. The molecule has 0 radical (unpaired) electrons. The summed E-state index contributed by atoms with van der Waals surface area (Å²) in [5, 5.41) is 3.11. The van der Waals surface area contributed by atoms with E-state index in [4.69, 9.17) is 0 Å². The third-order valence-electron chi connectivity index (χ3n) is 1.98. The van der Waals surface area contributed by atoms with Crippen LogP contribution in [-0.4, -0.2) is 36.5 Å². The highest BCUT2D eigenvalue weighted by Gasteiger charge is 2.23. The van der Waals surface area contributed by atoms with Crippen LogP contribution in [0.1, 0.15) is 13.8 Å². The maximum absolute atomic E-state index is 11.5. The Hall–Kier alpha value is -0.830. The van der Waals surface area contributed by atoms with Crippen LogP contribution in [0.5, 0.6) is 0 Å². The fourth-order valence-electron chi connectivity index (χ4n) is 1.37. The van der Waals surface area contributed by atoms with Crippen LogP contribution in [-0.2, 0) is 4.79 Å². The zero-order chi connectivity index (χ0) is 9.14. The lowest BCUT2D eigenvalue weighted by Crippen LogP contribution is -2.53. The van der Waals surface area contributed by atoms with Crippen LogP contribution in [0.3, 0.4) is 0 Å². The van der Waals surface area contributed by atoms with Crippen LogP contribution >= 0.6 is 0 Å². The third kappa shape index (κ3) is 2.08. The summed E-state index contributed by atoms with van der Waals surface area (Å²) in [7, 11) is 0. The number of nitrogens with zero attached hydrogens (tertiary/aromatic N) is 1. The number of hydrogen-bond donors (Lipinski definition) is 1. The lowest BCUT2D eigenvalue weighted by Gasteiger charge is -2.31. The van der Waals surface area contributed by atoms with Gasteiger partial charge < -0.3 is 10.2 Å². The molecular weight excluding hydrogens is 152 g/mol. The molecule has 3 heteroatoms. The Bertz CT molecular complexity index is 201. The van der Waals surface area contributed by atoms with E-state index in [-0.39, 0.29) is 11.9 Å². The van der Waals surface area contributed by atoms with Gasteiger partial charge in [0.25, 0.3) is 0 Å². The van der Waals surface area contributed by atoms with Crippen molar-refractivity contribution in [3.8, 4) is 0 Å². The molecule has 1 saturated heterocycles. The first-order valence-electron chi connectivity index (χ1n) is 4.28. The Morgan fingerprint density at radius 2 is 2.50 bits per heavy atom. The number of rotatable bonds is 2. The molecule has 1 aliphatic rings. The second-order valence-corrected chi connectivity index (χ2v) is 3.39. The fourth-order valence-corrected chi connectivity index (χ4v) is 1.37. The van der Waals surface area contributed by atoms with Gasteiger partial charge in [-0.05, 0) is 13.8 Å². The summed E-state index contributed by atoms with van der Waals surface area (Å²) >= 11 is 0. The van der Waals surface area contributed by atoms with Gasteiger partial charge in [-0.15, -0.1) is 0 Å². The Labute approximate surface area is 73.4 Å². The standard InChI is InChI=1S/C9H16N2O/c1-7(2)6-11-5-4-10-8(3)9(11)12/h8,10H,1,4-6H2,2-3H3. The molecule has 0 aromatic rings. The number of amides is 1. The number of piperazine rings is 1. The Morgan fingerprint density at radius 3 is 3.08 bits per heavy atom. The van der Waals surface area contributed by atoms with Crippen molar-refractivity contribution in [1.82, 2.24) is 10.2 Å². The first-order valence-corrected chi connectivity index (χ1v) is 4.28. The maximum atomic E-state index is 11.5. The highest BCUT2D eigenvalue weighted by molar-refractivity contribution is 5.82. The van der Waals surface area contributed by atoms with Gasteiger partial charge in [0, 0.05) is 19.6 Å². The van der Waals surface area contributed by atoms with Crippen LogP contribution in [0.2, 0.25) is 0 Å². The summed E-state index contributed by atoms with van der Waals surface area (Å²) in [6, 6.07) is -0.0295. The maximum Gasteiger partial charge on any atom is 0.239 e. The van der Waals surface area contributed by atoms with E-state index < -0.39 is 0 Å².